The van der Waals surface area contributed by atoms with Crippen molar-refractivity contribution in [1.29, 1.82) is 0 Å². The maximum absolute atomic E-state index is 12.4. The molecule has 1 amide bonds. The van der Waals surface area contributed by atoms with E-state index < -0.39 is 0 Å². The SMILES string of the molecule is CCC[N+](C)(CCC)CCCOCC(=O)N(CC(C)C)CC(C)C. The van der Waals surface area contributed by atoms with E-state index in [0.29, 0.717) is 18.4 Å². The first-order valence-electron chi connectivity index (χ1n) is 9.93. The average Bonchev–Trinajstić information content (AvgIpc) is 2.45. The van der Waals surface area contributed by atoms with Gasteiger partial charge in [-0.3, -0.25) is 4.79 Å². The van der Waals surface area contributed by atoms with E-state index in [4.69, 9.17) is 4.74 Å². The zero-order valence-electron chi connectivity index (χ0n) is 17.4. The highest BCUT2D eigenvalue weighted by molar-refractivity contribution is 5.77. The summed E-state index contributed by atoms with van der Waals surface area (Å²) in [5.41, 5.74) is 0. The summed E-state index contributed by atoms with van der Waals surface area (Å²) in [6, 6.07) is 0. The molecule has 0 unspecified atom stereocenters. The van der Waals surface area contributed by atoms with Crippen LogP contribution < -0.4 is 0 Å². The summed E-state index contributed by atoms with van der Waals surface area (Å²) < 4.78 is 6.81. The maximum Gasteiger partial charge on any atom is 0.248 e. The molecule has 0 aromatic carbocycles. The van der Waals surface area contributed by atoms with Crippen molar-refractivity contribution in [3.63, 3.8) is 0 Å². The summed E-state index contributed by atoms with van der Waals surface area (Å²) in [6.45, 7) is 19.3. The molecule has 144 valence electrons. The van der Waals surface area contributed by atoms with Gasteiger partial charge in [0.2, 0.25) is 5.91 Å². The van der Waals surface area contributed by atoms with Gasteiger partial charge < -0.3 is 14.1 Å². The van der Waals surface area contributed by atoms with E-state index in [1.54, 1.807) is 0 Å². The van der Waals surface area contributed by atoms with Crippen LogP contribution in [-0.2, 0) is 9.53 Å². The van der Waals surface area contributed by atoms with E-state index in [1.165, 1.54) is 25.9 Å². The van der Waals surface area contributed by atoms with Crippen LogP contribution in [-0.4, -0.2) is 68.3 Å². The van der Waals surface area contributed by atoms with Gasteiger partial charge in [-0.15, -0.1) is 0 Å². The Hall–Kier alpha value is -0.610. The van der Waals surface area contributed by atoms with E-state index >= 15 is 0 Å². The molecule has 4 nitrogen and oxygen atoms in total. The molecule has 0 heterocycles. The predicted octanol–water partition coefficient (Wildman–Crippen LogP) is 3.80. The molecule has 0 aliphatic rings. The Bertz CT molecular complexity index is 314. The molecule has 0 atom stereocenters. The summed E-state index contributed by atoms with van der Waals surface area (Å²) in [5, 5.41) is 0. The van der Waals surface area contributed by atoms with Crippen molar-refractivity contribution < 1.29 is 14.0 Å². The van der Waals surface area contributed by atoms with Crippen molar-refractivity contribution in [2.45, 2.75) is 60.8 Å². The Balaban J connectivity index is 4.16. The summed E-state index contributed by atoms with van der Waals surface area (Å²) in [7, 11) is 2.34. The predicted molar refractivity (Wildman–Crippen MR) is 103 cm³/mol. The molecular formula is C20H43N2O2+. The van der Waals surface area contributed by atoms with Crippen LogP contribution in [0.15, 0.2) is 0 Å². The normalized spacial score (nSPS) is 12.2. The number of carbonyl (C=O) groups is 1. The lowest BCUT2D eigenvalue weighted by Crippen LogP contribution is -2.46. The maximum atomic E-state index is 12.4. The number of amides is 1. The Morgan fingerprint density at radius 3 is 1.88 bits per heavy atom. The molecular weight excluding hydrogens is 300 g/mol. The molecule has 0 saturated carbocycles. The Morgan fingerprint density at radius 1 is 0.958 bits per heavy atom. The zero-order valence-corrected chi connectivity index (χ0v) is 17.4. The molecule has 0 spiro atoms. The lowest BCUT2D eigenvalue weighted by atomic mass is 10.1. The van der Waals surface area contributed by atoms with E-state index in [1.807, 2.05) is 4.90 Å². The van der Waals surface area contributed by atoms with E-state index in [9.17, 15) is 4.79 Å². The van der Waals surface area contributed by atoms with Gasteiger partial charge in [0.1, 0.15) is 6.61 Å². The summed E-state index contributed by atoms with van der Waals surface area (Å²) in [4.78, 5) is 14.3. The second-order valence-corrected chi connectivity index (χ2v) is 8.28. The summed E-state index contributed by atoms with van der Waals surface area (Å²) in [5.74, 6) is 1.12. The van der Waals surface area contributed by atoms with Crippen molar-refractivity contribution in [3.05, 3.63) is 0 Å². The Morgan fingerprint density at radius 2 is 1.46 bits per heavy atom. The molecule has 4 heteroatoms. The molecule has 0 aliphatic carbocycles. The van der Waals surface area contributed by atoms with Gasteiger partial charge in [0.25, 0.3) is 0 Å². The third kappa shape index (κ3) is 11.0. The minimum Gasteiger partial charge on any atom is -0.371 e. The number of hydrogen-bond donors (Lipinski definition) is 0. The summed E-state index contributed by atoms with van der Waals surface area (Å²) in [6.07, 6.45) is 3.46. The fourth-order valence-electron chi connectivity index (χ4n) is 3.37. The van der Waals surface area contributed by atoms with Crippen molar-refractivity contribution in [1.82, 2.24) is 4.90 Å². The molecule has 0 aromatic rings. The number of carbonyl (C=O) groups excluding carboxylic acids is 1. The van der Waals surface area contributed by atoms with Crippen LogP contribution in [0.2, 0.25) is 0 Å². The fraction of sp³-hybridized carbons (Fsp3) is 0.950. The molecule has 0 N–H and O–H groups in total. The second-order valence-electron chi connectivity index (χ2n) is 8.28. The van der Waals surface area contributed by atoms with E-state index in [2.05, 4.69) is 48.6 Å². The first-order chi connectivity index (χ1) is 11.2. The highest BCUT2D eigenvalue weighted by Crippen LogP contribution is 2.08. The fourth-order valence-corrected chi connectivity index (χ4v) is 3.37. The molecule has 0 fully saturated rings. The molecule has 0 bridgehead atoms. The monoisotopic (exact) mass is 343 g/mol. The second kappa shape index (κ2) is 12.7. The highest BCUT2D eigenvalue weighted by atomic mass is 16.5. The van der Waals surface area contributed by atoms with Gasteiger partial charge in [-0.2, -0.15) is 0 Å². The quantitative estimate of drug-likeness (QED) is 0.355. The zero-order chi connectivity index (χ0) is 18.6. The Kier molecular flexibility index (Phi) is 12.4. The number of ether oxygens (including phenoxy) is 1. The highest BCUT2D eigenvalue weighted by Gasteiger charge is 2.19. The number of nitrogens with zero attached hydrogens (tertiary/aromatic N) is 2. The van der Waals surface area contributed by atoms with E-state index in [-0.39, 0.29) is 12.5 Å². The van der Waals surface area contributed by atoms with Crippen molar-refractivity contribution in [2.24, 2.45) is 11.8 Å². The van der Waals surface area contributed by atoms with Gasteiger partial charge in [-0.05, 0) is 24.7 Å². The number of quaternary nitrogens is 1. The number of rotatable bonds is 14. The van der Waals surface area contributed by atoms with Crippen molar-refractivity contribution in [3.8, 4) is 0 Å². The standard InChI is InChI=1S/C20H43N2O2/c1-8-11-22(7,12-9-2)13-10-14-24-17-20(23)21(15-18(3)4)16-19(5)6/h18-19H,8-17H2,1-7H3/q+1. The van der Waals surface area contributed by atoms with Gasteiger partial charge in [0.05, 0.1) is 33.3 Å². The van der Waals surface area contributed by atoms with Gasteiger partial charge in [0, 0.05) is 19.5 Å². The van der Waals surface area contributed by atoms with Gasteiger partial charge >= 0.3 is 0 Å². The first kappa shape index (κ1) is 23.4. The van der Waals surface area contributed by atoms with Crippen LogP contribution in [0.1, 0.15) is 60.8 Å². The summed E-state index contributed by atoms with van der Waals surface area (Å²) >= 11 is 0. The van der Waals surface area contributed by atoms with Crippen LogP contribution in [0.5, 0.6) is 0 Å². The van der Waals surface area contributed by atoms with Crippen LogP contribution in [0.25, 0.3) is 0 Å². The van der Waals surface area contributed by atoms with Crippen LogP contribution >= 0.6 is 0 Å². The molecule has 0 aromatic heterocycles. The van der Waals surface area contributed by atoms with Crippen LogP contribution in [0, 0.1) is 11.8 Å². The third-order valence-corrected chi connectivity index (χ3v) is 4.26. The molecule has 24 heavy (non-hydrogen) atoms. The Labute approximate surface area is 151 Å². The molecule has 0 radical (unpaired) electrons. The molecule has 0 rings (SSSR count). The van der Waals surface area contributed by atoms with Gasteiger partial charge in [-0.1, -0.05) is 41.5 Å². The van der Waals surface area contributed by atoms with Crippen molar-refractivity contribution >= 4 is 5.91 Å². The number of hydrogen-bond acceptors (Lipinski definition) is 2. The van der Waals surface area contributed by atoms with Crippen LogP contribution in [0.3, 0.4) is 0 Å². The van der Waals surface area contributed by atoms with Gasteiger partial charge in [0.15, 0.2) is 0 Å². The lowest BCUT2D eigenvalue weighted by Gasteiger charge is -2.34. The molecule has 0 saturated heterocycles. The smallest absolute Gasteiger partial charge is 0.248 e. The third-order valence-electron chi connectivity index (χ3n) is 4.26. The average molecular weight is 344 g/mol. The molecule has 0 aliphatic heterocycles. The van der Waals surface area contributed by atoms with Gasteiger partial charge in [-0.25, -0.2) is 0 Å². The topological polar surface area (TPSA) is 29.5 Å². The minimum atomic E-state index is 0.136. The lowest BCUT2D eigenvalue weighted by molar-refractivity contribution is -0.909. The first-order valence-corrected chi connectivity index (χ1v) is 9.93. The van der Waals surface area contributed by atoms with Crippen molar-refractivity contribution in [2.75, 3.05) is 53.0 Å². The van der Waals surface area contributed by atoms with Crippen LogP contribution in [0.4, 0.5) is 0 Å². The van der Waals surface area contributed by atoms with E-state index in [0.717, 1.165) is 30.5 Å². The largest absolute Gasteiger partial charge is 0.371 e. The minimum absolute atomic E-state index is 0.136.